The number of amides is 2. The standard InChI is InChI=1S/C22H20N8O2S/c1-15-20(27-30(26-15)17-6-3-2-4-7-17)22(32)29-11-5-10-28(29)19(31)12-16-14-33-21(25-16)18-13-23-8-9-24-18/h2-4,6-9,13-14H,5,10-12H2,1H3. The van der Waals surface area contributed by atoms with Crippen LogP contribution < -0.4 is 0 Å². The fraction of sp³-hybridized carbons (Fsp3) is 0.227. The Balaban J connectivity index is 1.31. The second-order valence-corrected chi connectivity index (χ2v) is 8.33. The van der Waals surface area contributed by atoms with Crippen LogP contribution >= 0.6 is 11.3 Å². The summed E-state index contributed by atoms with van der Waals surface area (Å²) in [5.74, 6) is -0.524. The third-order valence-electron chi connectivity index (χ3n) is 5.19. The molecule has 0 radical (unpaired) electrons. The summed E-state index contributed by atoms with van der Waals surface area (Å²) in [6.45, 7) is 2.66. The Kier molecular flexibility index (Phi) is 5.61. The Labute approximate surface area is 193 Å². The molecule has 2 amide bonds. The second-order valence-electron chi connectivity index (χ2n) is 7.47. The summed E-state index contributed by atoms with van der Waals surface area (Å²) >= 11 is 1.41. The molecule has 1 aliphatic heterocycles. The maximum atomic E-state index is 13.3. The van der Waals surface area contributed by atoms with Gasteiger partial charge in [-0.05, 0) is 25.5 Å². The molecular formula is C22H20N8O2S. The van der Waals surface area contributed by atoms with Gasteiger partial charge in [-0.2, -0.15) is 9.90 Å². The minimum Gasteiger partial charge on any atom is -0.273 e. The molecule has 0 saturated carbocycles. The Bertz CT molecular complexity index is 1290. The lowest BCUT2D eigenvalue weighted by Crippen LogP contribution is -2.45. The van der Waals surface area contributed by atoms with Crippen LogP contribution in [0.25, 0.3) is 16.4 Å². The van der Waals surface area contributed by atoms with Crippen molar-refractivity contribution in [1.82, 2.24) is 40.0 Å². The molecule has 1 saturated heterocycles. The summed E-state index contributed by atoms with van der Waals surface area (Å²) in [5, 5.41) is 14.3. The van der Waals surface area contributed by atoms with Gasteiger partial charge in [-0.3, -0.25) is 24.6 Å². The third-order valence-corrected chi connectivity index (χ3v) is 6.11. The molecule has 10 nitrogen and oxygen atoms in total. The molecule has 166 valence electrons. The van der Waals surface area contributed by atoms with Crippen molar-refractivity contribution in [2.24, 2.45) is 0 Å². The van der Waals surface area contributed by atoms with Gasteiger partial charge >= 0.3 is 0 Å². The largest absolute Gasteiger partial charge is 0.294 e. The van der Waals surface area contributed by atoms with E-state index in [1.807, 2.05) is 35.7 Å². The lowest BCUT2D eigenvalue weighted by atomic mass is 10.3. The van der Waals surface area contributed by atoms with Crippen LogP contribution in [0.5, 0.6) is 0 Å². The molecular weight excluding hydrogens is 440 g/mol. The van der Waals surface area contributed by atoms with Gasteiger partial charge in [0, 0.05) is 30.9 Å². The van der Waals surface area contributed by atoms with E-state index >= 15 is 0 Å². The van der Waals surface area contributed by atoms with Crippen LogP contribution in [-0.4, -0.2) is 64.9 Å². The van der Waals surface area contributed by atoms with Crippen molar-refractivity contribution in [2.45, 2.75) is 19.8 Å². The first kappa shape index (κ1) is 20.9. The van der Waals surface area contributed by atoms with Gasteiger partial charge in [0.1, 0.15) is 10.7 Å². The van der Waals surface area contributed by atoms with Crippen LogP contribution in [-0.2, 0) is 11.2 Å². The quantitative estimate of drug-likeness (QED) is 0.449. The molecule has 0 spiro atoms. The van der Waals surface area contributed by atoms with Crippen LogP contribution in [0.3, 0.4) is 0 Å². The number of hydrazine groups is 1. The zero-order valence-corrected chi connectivity index (χ0v) is 18.6. The molecule has 0 bridgehead atoms. The average molecular weight is 461 g/mol. The number of nitrogens with zero attached hydrogens (tertiary/aromatic N) is 8. The molecule has 1 fully saturated rings. The predicted octanol–water partition coefficient (Wildman–Crippen LogP) is 2.32. The summed E-state index contributed by atoms with van der Waals surface area (Å²) in [5.41, 5.74) is 2.80. The first-order chi connectivity index (χ1) is 16.1. The highest BCUT2D eigenvalue weighted by Crippen LogP contribution is 2.23. The smallest absolute Gasteiger partial charge is 0.273 e. The number of para-hydroxylation sites is 1. The van der Waals surface area contributed by atoms with Gasteiger partial charge in [-0.1, -0.05) is 18.2 Å². The number of hydrogen-bond acceptors (Lipinski definition) is 8. The van der Waals surface area contributed by atoms with Crippen molar-refractivity contribution in [2.75, 3.05) is 13.1 Å². The monoisotopic (exact) mass is 460 g/mol. The molecule has 0 aliphatic carbocycles. The molecule has 0 N–H and O–H groups in total. The topological polar surface area (TPSA) is 110 Å². The number of carbonyl (C=O) groups is 2. The van der Waals surface area contributed by atoms with Crippen LogP contribution in [0.1, 0.15) is 28.3 Å². The van der Waals surface area contributed by atoms with Gasteiger partial charge in [0.15, 0.2) is 5.69 Å². The highest BCUT2D eigenvalue weighted by Gasteiger charge is 2.34. The lowest BCUT2D eigenvalue weighted by molar-refractivity contribution is -0.139. The Morgan fingerprint density at radius 3 is 2.67 bits per heavy atom. The van der Waals surface area contributed by atoms with E-state index in [4.69, 9.17) is 0 Å². The minimum absolute atomic E-state index is 0.0935. The number of aryl methyl sites for hydroxylation is 1. The van der Waals surface area contributed by atoms with E-state index < -0.39 is 0 Å². The van der Waals surface area contributed by atoms with Crippen molar-refractivity contribution in [3.63, 3.8) is 0 Å². The van der Waals surface area contributed by atoms with Crippen LogP contribution in [0.4, 0.5) is 0 Å². The molecule has 33 heavy (non-hydrogen) atoms. The number of hydrogen-bond donors (Lipinski definition) is 0. The molecule has 0 unspecified atom stereocenters. The van der Waals surface area contributed by atoms with Crippen molar-refractivity contribution in [3.05, 3.63) is 71.4 Å². The van der Waals surface area contributed by atoms with Crippen molar-refractivity contribution in [3.8, 4) is 16.4 Å². The SMILES string of the molecule is Cc1nn(-c2ccccc2)nc1C(=O)N1CCCN1C(=O)Cc1csc(-c2cnccn2)n1. The molecule has 1 aromatic carbocycles. The van der Waals surface area contributed by atoms with Gasteiger partial charge in [0.25, 0.3) is 5.91 Å². The molecule has 11 heteroatoms. The number of benzene rings is 1. The summed E-state index contributed by atoms with van der Waals surface area (Å²) in [6, 6.07) is 9.39. The lowest BCUT2D eigenvalue weighted by Gasteiger charge is -2.27. The molecule has 1 aliphatic rings. The highest BCUT2D eigenvalue weighted by molar-refractivity contribution is 7.13. The second kappa shape index (κ2) is 8.87. The van der Waals surface area contributed by atoms with E-state index in [1.165, 1.54) is 26.2 Å². The molecule has 0 atom stereocenters. The van der Waals surface area contributed by atoms with E-state index in [9.17, 15) is 9.59 Å². The van der Waals surface area contributed by atoms with Gasteiger partial charge in [0.2, 0.25) is 5.91 Å². The number of rotatable bonds is 5. The minimum atomic E-state index is -0.334. The first-order valence-electron chi connectivity index (χ1n) is 10.4. The predicted molar refractivity (Wildman–Crippen MR) is 120 cm³/mol. The van der Waals surface area contributed by atoms with E-state index in [-0.39, 0.29) is 23.9 Å². The molecule has 4 heterocycles. The first-order valence-corrected chi connectivity index (χ1v) is 11.3. The van der Waals surface area contributed by atoms with E-state index in [0.29, 0.717) is 41.6 Å². The van der Waals surface area contributed by atoms with E-state index in [2.05, 4.69) is 25.1 Å². The summed E-state index contributed by atoms with van der Waals surface area (Å²) < 4.78 is 0. The van der Waals surface area contributed by atoms with E-state index in [1.54, 1.807) is 25.5 Å². The van der Waals surface area contributed by atoms with Crippen molar-refractivity contribution in [1.29, 1.82) is 0 Å². The van der Waals surface area contributed by atoms with Gasteiger partial charge in [-0.15, -0.1) is 16.4 Å². The summed E-state index contributed by atoms with van der Waals surface area (Å²) in [7, 11) is 0. The fourth-order valence-electron chi connectivity index (χ4n) is 3.62. The summed E-state index contributed by atoms with van der Waals surface area (Å²) in [4.78, 5) is 40.5. The highest BCUT2D eigenvalue weighted by atomic mass is 32.1. The molecule has 5 rings (SSSR count). The Morgan fingerprint density at radius 1 is 1.06 bits per heavy atom. The third kappa shape index (κ3) is 4.22. The number of aromatic nitrogens is 6. The number of thiazole rings is 1. The zero-order valence-electron chi connectivity index (χ0n) is 17.8. The Hall–Kier alpha value is -3.99. The van der Waals surface area contributed by atoms with Gasteiger partial charge in [0.05, 0.1) is 29.7 Å². The van der Waals surface area contributed by atoms with Crippen LogP contribution in [0.15, 0.2) is 54.3 Å². The fourth-order valence-corrected chi connectivity index (χ4v) is 4.40. The van der Waals surface area contributed by atoms with Crippen LogP contribution in [0.2, 0.25) is 0 Å². The zero-order chi connectivity index (χ0) is 22.8. The normalized spacial score (nSPS) is 13.5. The van der Waals surface area contributed by atoms with E-state index in [0.717, 1.165) is 5.69 Å². The maximum absolute atomic E-state index is 13.3. The van der Waals surface area contributed by atoms with Crippen molar-refractivity contribution < 1.29 is 9.59 Å². The summed E-state index contributed by atoms with van der Waals surface area (Å²) in [6.07, 6.45) is 5.63. The average Bonchev–Trinajstić information content (AvgIpc) is 3.60. The van der Waals surface area contributed by atoms with Gasteiger partial charge < -0.3 is 0 Å². The number of carbonyl (C=O) groups excluding carboxylic acids is 2. The van der Waals surface area contributed by atoms with Crippen LogP contribution in [0, 0.1) is 6.92 Å². The Morgan fingerprint density at radius 2 is 1.88 bits per heavy atom. The molecule has 3 aromatic heterocycles. The van der Waals surface area contributed by atoms with Gasteiger partial charge in [-0.25, -0.2) is 9.99 Å². The van der Waals surface area contributed by atoms with Crippen molar-refractivity contribution >= 4 is 23.2 Å². The molecule has 4 aromatic rings. The maximum Gasteiger partial charge on any atom is 0.294 e.